The molecule has 30 heavy (non-hydrogen) atoms. The van der Waals surface area contributed by atoms with Crippen molar-refractivity contribution in [2.45, 2.75) is 26.9 Å². The van der Waals surface area contributed by atoms with Crippen molar-refractivity contribution in [3.05, 3.63) is 41.5 Å². The average Bonchev–Trinajstić information content (AvgIpc) is 3.10. The van der Waals surface area contributed by atoms with Gasteiger partial charge < -0.3 is 23.7 Å². The molecule has 1 aliphatic heterocycles. The third kappa shape index (κ3) is 4.67. The number of fused-ring (bicyclic) bond motifs is 1. The third-order valence-corrected chi connectivity index (χ3v) is 4.66. The summed E-state index contributed by atoms with van der Waals surface area (Å²) < 4.78 is 27.2. The number of cyclic esters (lactones) is 1. The summed E-state index contributed by atoms with van der Waals surface area (Å²) in [5, 5.41) is 0. The van der Waals surface area contributed by atoms with Crippen LogP contribution < -0.4 is 14.2 Å². The lowest BCUT2D eigenvalue weighted by Crippen LogP contribution is -2.14. The van der Waals surface area contributed by atoms with Crippen molar-refractivity contribution >= 4 is 11.9 Å². The second kappa shape index (κ2) is 9.52. The summed E-state index contributed by atoms with van der Waals surface area (Å²) in [6.45, 7) is 4.45. The van der Waals surface area contributed by atoms with E-state index in [-0.39, 0.29) is 37.7 Å². The molecule has 0 saturated carbocycles. The molecule has 0 N–H and O–H groups in total. The Bertz CT molecular complexity index is 933. The van der Waals surface area contributed by atoms with Gasteiger partial charge in [0.25, 0.3) is 0 Å². The Morgan fingerprint density at radius 1 is 1.03 bits per heavy atom. The SMILES string of the molecule is COc1ccc(-c2ccc3c(c2)COC3=O)c(OCCOC(=O)CC(C)C)c1OC. The summed E-state index contributed by atoms with van der Waals surface area (Å²) in [5.41, 5.74) is 3.00. The van der Waals surface area contributed by atoms with Crippen molar-refractivity contribution in [3.63, 3.8) is 0 Å². The Kier molecular flexibility index (Phi) is 6.82. The maximum atomic E-state index is 11.7. The molecule has 160 valence electrons. The van der Waals surface area contributed by atoms with Crippen LogP contribution >= 0.6 is 0 Å². The van der Waals surface area contributed by atoms with Crippen LogP contribution in [0.5, 0.6) is 17.2 Å². The molecule has 0 aromatic heterocycles. The van der Waals surface area contributed by atoms with Gasteiger partial charge in [-0.2, -0.15) is 0 Å². The first-order valence-corrected chi connectivity index (χ1v) is 9.78. The van der Waals surface area contributed by atoms with Gasteiger partial charge in [-0.15, -0.1) is 0 Å². The Morgan fingerprint density at radius 3 is 2.50 bits per heavy atom. The van der Waals surface area contributed by atoms with Gasteiger partial charge in [0.15, 0.2) is 11.5 Å². The zero-order valence-corrected chi connectivity index (χ0v) is 17.7. The standard InChI is InChI=1S/C23H26O7/c1-14(2)11-20(24)28-9-10-29-21-17(7-8-19(26-3)22(21)27-4)15-5-6-18-16(12-15)13-30-23(18)25/h5-8,12,14H,9-11,13H2,1-4H3. The first-order chi connectivity index (χ1) is 14.4. The van der Waals surface area contributed by atoms with Crippen LogP contribution in [0, 0.1) is 5.92 Å². The van der Waals surface area contributed by atoms with Crippen LogP contribution in [-0.2, 0) is 20.9 Å². The van der Waals surface area contributed by atoms with Gasteiger partial charge in [0.2, 0.25) is 5.75 Å². The predicted octanol–water partition coefficient (Wildman–Crippen LogP) is 4.01. The number of ether oxygens (including phenoxy) is 5. The summed E-state index contributed by atoms with van der Waals surface area (Å²) >= 11 is 0. The zero-order chi connectivity index (χ0) is 21.7. The van der Waals surface area contributed by atoms with E-state index in [9.17, 15) is 9.59 Å². The number of methoxy groups -OCH3 is 2. The molecule has 1 aliphatic rings. The molecule has 0 bridgehead atoms. The fourth-order valence-electron chi connectivity index (χ4n) is 3.26. The number of benzene rings is 2. The van der Waals surface area contributed by atoms with Crippen molar-refractivity contribution < 1.29 is 33.3 Å². The van der Waals surface area contributed by atoms with Gasteiger partial charge in [-0.3, -0.25) is 4.79 Å². The van der Waals surface area contributed by atoms with Crippen molar-refractivity contribution in [1.29, 1.82) is 0 Å². The lowest BCUT2D eigenvalue weighted by molar-refractivity contribution is -0.145. The highest BCUT2D eigenvalue weighted by molar-refractivity contribution is 5.94. The van der Waals surface area contributed by atoms with E-state index in [0.717, 1.165) is 16.7 Å². The van der Waals surface area contributed by atoms with Crippen LogP contribution in [0.4, 0.5) is 0 Å². The molecule has 3 rings (SSSR count). The Labute approximate surface area is 175 Å². The van der Waals surface area contributed by atoms with Crippen molar-refractivity contribution in [2.24, 2.45) is 5.92 Å². The molecular weight excluding hydrogens is 388 g/mol. The van der Waals surface area contributed by atoms with Crippen molar-refractivity contribution in [2.75, 3.05) is 27.4 Å². The number of esters is 2. The molecule has 0 radical (unpaired) electrons. The van der Waals surface area contributed by atoms with E-state index in [4.69, 9.17) is 23.7 Å². The van der Waals surface area contributed by atoms with Crippen LogP contribution in [-0.4, -0.2) is 39.4 Å². The first kappa shape index (κ1) is 21.5. The highest BCUT2D eigenvalue weighted by Crippen LogP contribution is 2.45. The summed E-state index contributed by atoms with van der Waals surface area (Å²) in [5.74, 6) is 1.10. The smallest absolute Gasteiger partial charge is 0.338 e. The molecule has 0 saturated heterocycles. The van der Waals surface area contributed by atoms with E-state index in [2.05, 4.69) is 0 Å². The van der Waals surface area contributed by atoms with Gasteiger partial charge in [0.1, 0.15) is 19.8 Å². The number of hydrogen-bond donors (Lipinski definition) is 0. The highest BCUT2D eigenvalue weighted by atomic mass is 16.6. The van der Waals surface area contributed by atoms with Crippen LogP contribution in [0.15, 0.2) is 30.3 Å². The Hall–Kier alpha value is -3.22. The topological polar surface area (TPSA) is 80.3 Å². The lowest BCUT2D eigenvalue weighted by atomic mass is 9.99. The molecule has 7 heteroatoms. The maximum Gasteiger partial charge on any atom is 0.338 e. The number of carbonyl (C=O) groups is 2. The largest absolute Gasteiger partial charge is 0.493 e. The quantitative estimate of drug-likeness (QED) is 0.453. The van der Waals surface area contributed by atoms with E-state index in [1.807, 2.05) is 32.0 Å². The summed E-state index contributed by atoms with van der Waals surface area (Å²) in [7, 11) is 3.08. The van der Waals surface area contributed by atoms with Gasteiger partial charge in [0, 0.05) is 17.5 Å². The van der Waals surface area contributed by atoms with Gasteiger partial charge >= 0.3 is 11.9 Å². The highest BCUT2D eigenvalue weighted by Gasteiger charge is 2.23. The normalized spacial score (nSPS) is 12.4. The second-order valence-corrected chi connectivity index (χ2v) is 7.29. The second-order valence-electron chi connectivity index (χ2n) is 7.29. The fraction of sp³-hybridized carbons (Fsp3) is 0.391. The summed E-state index contributed by atoms with van der Waals surface area (Å²) in [6.07, 6.45) is 0.365. The molecule has 0 aliphatic carbocycles. The van der Waals surface area contributed by atoms with Crippen LogP contribution in [0.3, 0.4) is 0 Å². The van der Waals surface area contributed by atoms with Gasteiger partial charge in [-0.05, 0) is 35.7 Å². The maximum absolute atomic E-state index is 11.7. The molecular formula is C23H26O7. The summed E-state index contributed by atoms with van der Waals surface area (Å²) in [4.78, 5) is 23.5. The fourth-order valence-corrected chi connectivity index (χ4v) is 3.26. The lowest BCUT2D eigenvalue weighted by Gasteiger charge is -2.18. The molecule has 0 unspecified atom stereocenters. The minimum Gasteiger partial charge on any atom is -0.493 e. The van der Waals surface area contributed by atoms with Gasteiger partial charge in [-0.1, -0.05) is 19.9 Å². The predicted molar refractivity (Wildman–Crippen MR) is 110 cm³/mol. The Balaban J connectivity index is 1.85. The molecule has 0 amide bonds. The molecule has 0 spiro atoms. The zero-order valence-electron chi connectivity index (χ0n) is 17.7. The minimum absolute atomic E-state index is 0.123. The summed E-state index contributed by atoms with van der Waals surface area (Å²) in [6, 6.07) is 9.13. The average molecular weight is 414 g/mol. The van der Waals surface area contributed by atoms with Gasteiger partial charge in [-0.25, -0.2) is 4.79 Å². The van der Waals surface area contributed by atoms with E-state index in [1.54, 1.807) is 19.2 Å². The number of carbonyl (C=O) groups excluding carboxylic acids is 2. The molecule has 2 aromatic rings. The van der Waals surface area contributed by atoms with E-state index in [1.165, 1.54) is 7.11 Å². The van der Waals surface area contributed by atoms with Crippen LogP contribution in [0.2, 0.25) is 0 Å². The number of rotatable bonds is 9. The molecule has 0 atom stereocenters. The van der Waals surface area contributed by atoms with E-state index >= 15 is 0 Å². The number of hydrogen-bond acceptors (Lipinski definition) is 7. The molecule has 1 heterocycles. The van der Waals surface area contributed by atoms with Crippen molar-refractivity contribution in [3.8, 4) is 28.4 Å². The minimum atomic E-state index is -0.316. The van der Waals surface area contributed by atoms with Gasteiger partial charge in [0.05, 0.1) is 19.8 Å². The van der Waals surface area contributed by atoms with E-state index in [0.29, 0.717) is 29.2 Å². The monoisotopic (exact) mass is 414 g/mol. The Morgan fingerprint density at radius 2 is 1.80 bits per heavy atom. The molecule has 0 fully saturated rings. The third-order valence-electron chi connectivity index (χ3n) is 4.66. The first-order valence-electron chi connectivity index (χ1n) is 9.78. The molecule has 7 nitrogen and oxygen atoms in total. The molecule has 2 aromatic carbocycles. The van der Waals surface area contributed by atoms with Crippen molar-refractivity contribution in [1.82, 2.24) is 0 Å². The van der Waals surface area contributed by atoms with Crippen LogP contribution in [0.25, 0.3) is 11.1 Å². The van der Waals surface area contributed by atoms with E-state index < -0.39 is 0 Å². The van der Waals surface area contributed by atoms with Crippen LogP contribution in [0.1, 0.15) is 36.2 Å².